The number of hydrogen-bond acceptors (Lipinski definition) is 3. The number of amides is 2. The summed E-state index contributed by atoms with van der Waals surface area (Å²) in [6.07, 6.45) is 5.98. The maximum atomic E-state index is 11.4. The van der Waals surface area contributed by atoms with Gasteiger partial charge in [-0.15, -0.1) is 0 Å². The molecule has 0 atom stereocenters. The Balaban J connectivity index is 2.08. The molecule has 1 rings (SSSR count). The van der Waals surface area contributed by atoms with Crippen LogP contribution < -0.4 is 15.8 Å². The van der Waals surface area contributed by atoms with Crippen molar-refractivity contribution < 1.29 is 13.2 Å². The SMILES string of the molecule is NS(=O)(=O)CCCNC(=O)NC1CCCCC1. The number of urea groups is 1. The highest BCUT2D eigenvalue weighted by atomic mass is 32.2. The van der Waals surface area contributed by atoms with Gasteiger partial charge in [0.2, 0.25) is 10.0 Å². The minimum atomic E-state index is -3.42. The Morgan fingerprint density at radius 3 is 2.47 bits per heavy atom. The smallest absolute Gasteiger partial charge is 0.315 e. The average molecular weight is 263 g/mol. The van der Waals surface area contributed by atoms with Crippen LogP contribution in [0.1, 0.15) is 38.5 Å². The largest absolute Gasteiger partial charge is 0.338 e. The summed E-state index contributed by atoms with van der Waals surface area (Å²) in [5.74, 6) is -0.100. The Bertz CT molecular complexity index is 337. The Kier molecular flexibility index (Phi) is 5.70. The van der Waals surface area contributed by atoms with Crippen LogP contribution in [0.25, 0.3) is 0 Å². The molecule has 0 bridgehead atoms. The van der Waals surface area contributed by atoms with E-state index in [4.69, 9.17) is 5.14 Å². The molecule has 7 heteroatoms. The number of sulfonamides is 1. The zero-order valence-corrected chi connectivity index (χ0v) is 10.8. The Labute approximate surface area is 102 Å². The van der Waals surface area contributed by atoms with Crippen molar-refractivity contribution in [2.24, 2.45) is 5.14 Å². The first-order chi connectivity index (χ1) is 7.97. The van der Waals surface area contributed by atoms with Crippen LogP contribution in [0.2, 0.25) is 0 Å². The summed E-state index contributed by atoms with van der Waals surface area (Å²) in [6.45, 7) is 0.328. The lowest BCUT2D eigenvalue weighted by Crippen LogP contribution is -2.43. The molecule has 0 spiro atoms. The van der Waals surface area contributed by atoms with E-state index in [1.54, 1.807) is 0 Å². The number of carbonyl (C=O) groups excluding carboxylic acids is 1. The second-order valence-electron chi connectivity index (χ2n) is 4.46. The molecule has 2 amide bonds. The molecule has 0 radical (unpaired) electrons. The Hall–Kier alpha value is -0.820. The van der Waals surface area contributed by atoms with Gasteiger partial charge in [-0.25, -0.2) is 18.4 Å². The van der Waals surface area contributed by atoms with E-state index >= 15 is 0 Å². The van der Waals surface area contributed by atoms with Crippen LogP contribution >= 0.6 is 0 Å². The zero-order chi connectivity index (χ0) is 12.7. The first kappa shape index (κ1) is 14.2. The fourth-order valence-corrected chi connectivity index (χ4v) is 2.51. The summed E-state index contributed by atoms with van der Waals surface area (Å²) in [5.41, 5.74) is 0. The maximum absolute atomic E-state index is 11.4. The van der Waals surface area contributed by atoms with Crippen molar-refractivity contribution in [3.8, 4) is 0 Å². The predicted octanol–water partition coefficient (Wildman–Crippen LogP) is 0.297. The number of hydrogen-bond donors (Lipinski definition) is 3. The van der Waals surface area contributed by atoms with E-state index in [2.05, 4.69) is 10.6 Å². The summed E-state index contributed by atoms with van der Waals surface area (Å²) < 4.78 is 21.3. The van der Waals surface area contributed by atoms with Crippen LogP contribution in [0.4, 0.5) is 4.79 Å². The van der Waals surface area contributed by atoms with Gasteiger partial charge in [0.25, 0.3) is 0 Å². The molecular weight excluding hydrogens is 242 g/mol. The molecular formula is C10H21N3O3S. The lowest BCUT2D eigenvalue weighted by molar-refractivity contribution is 0.232. The van der Waals surface area contributed by atoms with Gasteiger partial charge in [0, 0.05) is 12.6 Å². The second kappa shape index (κ2) is 6.80. The van der Waals surface area contributed by atoms with Crippen molar-refractivity contribution in [2.75, 3.05) is 12.3 Å². The van der Waals surface area contributed by atoms with E-state index in [9.17, 15) is 13.2 Å². The van der Waals surface area contributed by atoms with Crippen LogP contribution in [0.3, 0.4) is 0 Å². The van der Waals surface area contributed by atoms with E-state index in [1.807, 2.05) is 0 Å². The minimum absolute atomic E-state index is 0.100. The number of nitrogens with one attached hydrogen (secondary N) is 2. The molecule has 1 aliphatic carbocycles. The molecule has 0 aliphatic heterocycles. The number of nitrogens with two attached hydrogens (primary N) is 1. The molecule has 0 aromatic heterocycles. The summed E-state index contributed by atoms with van der Waals surface area (Å²) in [7, 11) is -3.42. The summed E-state index contributed by atoms with van der Waals surface area (Å²) in [6, 6.07) is 0.0494. The van der Waals surface area contributed by atoms with Crippen molar-refractivity contribution in [3.63, 3.8) is 0 Å². The number of rotatable bonds is 5. The van der Waals surface area contributed by atoms with Crippen LogP contribution in [0.15, 0.2) is 0 Å². The van der Waals surface area contributed by atoms with Gasteiger partial charge >= 0.3 is 6.03 Å². The highest BCUT2D eigenvalue weighted by Crippen LogP contribution is 2.16. The zero-order valence-electron chi connectivity index (χ0n) is 9.94. The molecule has 1 aliphatic rings. The van der Waals surface area contributed by atoms with Gasteiger partial charge in [-0.2, -0.15) is 0 Å². The molecule has 0 unspecified atom stereocenters. The van der Waals surface area contributed by atoms with Gasteiger partial charge < -0.3 is 10.6 Å². The van der Waals surface area contributed by atoms with Crippen molar-refractivity contribution >= 4 is 16.1 Å². The van der Waals surface area contributed by atoms with Gasteiger partial charge in [0.1, 0.15) is 0 Å². The third-order valence-corrected chi connectivity index (χ3v) is 3.69. The van der Waals surface area contributed by atoms with Gasteiger partial charge in [-0.3, -0.25) is 0 Å². The average Bonchev–Trinajstić information content (AvgIpc) is 2.25. The van der Waals surface area contributed by atoms with Gasteiger partial charge in [0.05, 0.1) is 5.75 Å². The fourth-order valence-electron chi connectivity index (χ4n) is 1.96. The first-order valence-electron chi connectivity index (χ1n) is 6.02. The Morgan fingerprint density at radius 2 is 1.88 bits per heavy atom. The lowest BCUT2D eigenvalue weighted by atomic mass is 9.96. The third kappa shape index (κ3) is 7.17. The number of carbonyl (C=O) groups is 1. The molecule has 1 saturated carbocycles. The van der Waals surface area contributed by atoms with Crippen molar-refractivity contribution in [1.82, 2.24) is 10.6 Å². The molecule has 6 nitrogen and oxygen atoms in total. The molecule has 1 fully saturated rings. The summed E-state index contributed by atoms with van der Waals surface area (Å²) in [5, 5.41) is 10.4. The highest BCUT2D eigenvalue weighted by molar-refractivity contribution is 7.89. The lowest BCUT2D eigenvalue weighted by Gasteiger charge is -2.22. The van der Waals surface area contributed by atoms with E-state index < -0.39 is 10.0 Å². The second-order valence-corrected chi connectivity index (χ2v) is 6.19. The number of primary sulfonamides is 1. The van der Waals surface area contributed by atoms with Crippen molar-refractivity contribution in [3.05, 3.63) is 0 Å². The van der Waals surface area contributed by atoms with Gasteiger partial charge in [0.15, 0.2) is 0 Å². The van der Waals surface area contributed by atoms with Crippen LogP contribution in [0.5, 0.6) is 0 Å². The maximum Gasteiger partial charge on any atom is 0.315 e. The molecule has 4 N–H and O–H groups in total. The molecule has 0 heterocycles. The van der Waals surface area contributed by atoms with Crippen molar-refractivity contribution in [2.45, 2.75) is 44.6 Å². The monoisotopic (exact) mass is 263 g/mol. The Morgan fingerprint density at radius 1 is 1.24 bits per heavy atom. The molecule has 0 aromatic carbocycles. The quantitative estimate of drug-likeness (QED) is 0.622. The standard InChI is InChI=1S/C10H21N3O3S/c11-17(15,16)8-4-7-12-10(14)13-9-5-2-1-3-6-9/h9H,1-8H2,(H2,11,15,16)(H2,12,13,14). The minimum Gasteiger partial charge on any atom is -0.338 e. The molecule has 100 valence electrons. The predicted molar refractivity (Wildman–Crippen MR) is 66.0 cm³/mol. The van der Waals surface area contributed by atoms with Crippen LogP contribution in [-0.2, 0) is 10.0 Å². The summed E-state index contributed by atoms with van der Waals surface area (Å²) in [4.78, 5) is 11.4. The highest BCUT2D eigenvalue weighted by Gasteiger charge is 2.15. The van der Waals surface area contributed by atoms with E-state index in [0.29, 0.717) is 13.0 Å². The topological polar surface area (TPSA) is 101 Å². The van der Waals surface area contributed by atoms with E-state index in [-0.39, 0.29) is 17.8 Å². The van der Waals surface area contributed by atoms with Gasteiger partial charge in [-0.05, 0) is 19.3 Å². The van der Waals surface area contributed by atoms with Crippen molar-refractivity contribution in [1.29, 1.82) is 0 Å². The summed E-state index contributed by atoms with van der Waals surface area (Å²) >= 11 is 0. The van der Waals surface area contributed by atoms with Gasteiger partial charge in [-0.1, -0.05) is 19.3 Å². The third-order valence-electron chi connectivity index (χ3n) is 2.83. The van der Waals surface area contributed by atoms with Crippen LogP contribution in [0, 0.1) is 0 Å². The fraction of sp³-hybridized carbons (Fsp3) is 0.900. The van der Waals surface area contributed by atoms with Crippen LogP contribution in [-0.4, -0.2) is 32.8 Å². The molecule has 0 saturated heterocycles. The normalized spacial score (nSPS) is 17.7. The van der Waals surface area contributed by atoms with E-state index in [0.717, 1.165) is 25.7 Å². The molecule has 17 heavy (non-hydrogen) atoms. The first-order valence-corrected chi connectivity index (χ1v) is 7.74. The molecule has 0 aromatic rings. The van der Waals surface area contributed by atoms with E-state index in [1.165, 1.54) is 6.42 Å².